The van der Waals surface area contributed by atoms with Crippen LogP contribution in [-0.2, 0) is 21.3 Å². The van der Waals surface area contributed by atoms with Crippen molar-refractivity contribution in [1.82, 2.24) is 15.4 Å². The molecule has 29 heavy (non-hydrogen) atoms. The lowest BCUT2D eigenvalue weighted by Crippen LogP contribution is -2.41. The maximum Gasteiger partial charge on any atom is 0.241 e. The van der Waals surface area contributed by atoms with Crippen LogP contribution in [0.5, 0.6) is 0 Å². The topological polar surface area (TPSA) is 91.8 Å². The number of benzene rings is 1. The van der Waals surface area contributed by atoms with E-state index in [1.807, 2.05) is 26.8 Å². The number of aliphatic imine (C=N–C) groups is 1. The van der Waals surface area contributed by atoms with Crippen molar-refractivity contribution in [3.05, 3.63) is 29.8 Å². The molecule has 0 aliphatic heterocycles. The van der Waals surface area contributed by atoms with E-state index in [0.29, 0.717) is 24.7 Å². The van der Waals surface area contributed by atoms with Gasteiger partial charge in [-0.1, -0.05) is 31.5 Å². The molecular weight excluding hydrogens is 503 g/mol. The van der Waals surface area contributed by atoms with Crippen molar-refractivity contribution in [1.29, 1.82) is 0 Å². The Kier molecular flexibility index (Phi) is 13.7. The number of ether oxygens (including phenoxy) is 1. The van der Waals surface area contributed by atoms with Gasteiger partial charge < -0.3 is 15.4 Å². The van der Waals surface area contributed by atoms with E-state index < -0.39 is 15.6 Å². The fourth-order valence-electron chi connectivity index (χ4n) is 2.50. The van der Waals surface area contributed by atoms with Crippen LogP contribution in [0.15, 0.2) is 34.2 Å². The van der Waals surface area contributed by atoms with Gasteiger partial charge in [-0.2, -0.15) is 0 Å². The van der Waals surface area contributed by atoms with Gasteiger partial charge in [-0.05, 0) is 45.2 Å². The number of hydrogen-bond acceptors (Lipinski definition) is 4. The molecule has 0 fully saturated rings. The van der Waals surface area contributed by atoms with Crippen molar-refractivity contribution >= 4 is 40.0 Å². The zero-order valence-electron chi connectivity index (χ0n) is 18.2. The summed E-state index contributed by atoms with van der Waals surface area (Å²) in [4.78, 5) is 4.47. The van der Waals surface area contributed by atoms with Gasteiger partial charge in [0, 0.05) is 38.9 Å². The minimum atomic E-state index is -3.60. The van der Waals surface area contributed by atoms with Gasteiger partial charge in [0.25, 0.3) is 0 Å². The Labute approximate surface area is 193 Å². The maximum atomic E-state index is 12.7. The van der Waals surface area contributed by atoms with Gasteiger partial charge in [0.2, 0.25) is 10.0 Å². The van der Waals surface area contributed by atoms with Crippen LogP contribution in [-0.4, -0.2) is 46.7 Å². The van der Waals surface area contributed by atoms with Crippen molar-refractivity contribution in [2.24, 2.45) is 4.99 Å². The highest BCUT2D eigenvalue weighted by Crippen LogP contribution is 2.17. The first-order valence-corrected chi connectivity index (χ1v) is 11.3. The van der Waals surface area contributed by atoms with Gasteiger partial charge in [-0.15, -0.1) is 24.0 Å². The molecule has 1 aromatic rings. The minimum Gasteiger partial charge on any atom is -0.381 e. The second-order valence-electron chi connectivity index (χ2n) is 7.64. The quantitative estimate of drug-likeness (QED) is 0.174. The Bertz CT molecular complexity index is 719. The van der Waals surface area contributed by atoms with Gasteiger partial charge in [0.15, 0.2) is 5.96 Å². The number of unbranched alkanes of at least 4 members (excludes halogenated alkanes) is 1. The molecule has 0 atom stereocenters. The van der Waals surface area contributed by atoms with E-state index in [9.17, 15) is 8.42 Å². The van der Waals surface area contributed by atoms with Crippen molar-refractivity contribution in [3.63, 3.8) is 0 Å². The maximum absolute atomic E-state index is 12.7. The Morgan fingerprint density at radius 3 is 2.38 bits per heavy atom. The molecule has 0 saturated carbocycles. The second kappa shape index (κ2) is 14.2. The van der Waals surface area contributed by atoms with Crippen LogP contribution >= 0.6 is 24.0 Å². The summed E-state index contributed by atoms with van der Waals surface area (Å²) in [7, 11) is -1.91. The SMILES string of the molecule is CCCCOCCCNC(=NC)NCc1ccccc1S(=O)(=O)NC(C)(C)C.I. The molecule has 1 aromatic carbocycles. The van der Waals surface area contributed by atoms with Crippen LogP contribution in [0.25, 0.3) is 0 Å². The Balaban J connectivity index is 0.00000784. The summed E-state index contributed by atoms with van der Waals surface area (Å²) >= 11 is 0. The summed E-state index contributed by atoms with van der Waals surface area (Å²) in [6.45, 7) is 10.2. The van der Waals surface area contributed by atoms with Gasteiger partial charge in [-0.25, -0.2) is 13.1 Å². The number of nitrogens with zero attached hydrogens (tertiary/aromatic N) is 1. The number of hydrogen-bond donors (Lipinski definition) is 3. The van der Waals surface area contributed by atoms with E-state index in [-0.39, 0.29) is 28.9 Å². The second-order valence-corrected chi connectivity index (χ2v) is 9.29. The summed E-state index contributed by atoms with van der Waals surface area (Å²) in [5.74, 6) is 0.629. The smallest absolute Gasteiger partial charge is 0.241 e. The molecule has 0 aromatic heterocycles. The molecule has 3 N–H and O–H groups in total. The van der Waals surface area contributed by atoms with Crippen LogP contribution in [0, 0.1) is 0 Å². The average Bonchev–Trinajstić information content (AvgIpc) is 2.61. The lowest BCUT2D eigenvalue weighted by molar-refractivity contribution is 0.129. The number of rotatable bonds is 11. The van der Waals surface area contributed by atoms with Crippen LogP contribution < -0.4 is 15.4 Å². The number of sulfonamides is 1. The molecule has 0 bridgehead atoms. The standard InChI is InChI=1S/C20H36N4O3S.HI/c1-6-7-14-27-15-10-13-22-19(21-5)23-16-17-11-8-9-12-18(17)28(25,26)24-20(2,3)4;/h8-9,11-12,24H,6-7,10,13-16H2,1-5H3,(H2,21,22,23);1H. The highest BCUT2D eigenvalue weighted by molar-refractivity contribution is 14.0. The molecule has 0 saturated heterocycles. The Morgan fingerprint density at radius 1 is 1.10 bits per heavy atom. The highest BCUT2D eigenvalue weighted by atomic mass is 127. The molecule has 7 nitrogen and oxygen atoms in total. The van der Waals surface area contributed by atoms with Gasteiger partial charge >= 0.3 is 0 Å². The van der Waals surface area contributed by atoms with Crippen LogP contribution in [0.4, 0.5) is 0 Å². The fraction of sp³-hybridized carbons (Fsp3) is 0.650. The monoisotopic (exact) mass is 540 g/mol. The van der Waals surface area contributed by atoms with Crippen molar-refractivity contribution in [2.75, 3.05) is 26.8 Å². The molecular formula is C20H37IN4O3S. The van der Waals surface area contributed by atoms with E-state index in [0.717, 1.165) is 32.4 Å². The number of guanidine groups is 1. The molecule has 0 unspecified atom stereocenters. The minimum absolute atomic E-state index is 0. The summed E-state index contributed by atoms with van der Waals surface area (Å²) in [6, 6.07) is 6.98. The van der Waals surface area contributed by atoms with E-state index in [2.05, 4.69) is 27.3 Å². The number of nitrogens with one attached hydrogen (secondary N) is 3. The lowest BCUT2D eigenvalue weighted by atomic mass is 10.1. The molecule has 0 spiro atoms. The molecule has 9 heteroatoms. The normalized spacial score (nSPS) is 12.4. The van der Waals surface area contributed by atoms with E-state index in [4.69, 9.17) is 4.74 Å². The predicted molar refractivity (Wildman–Crippen MR) is 130 cm³/mol. The van der Waals surface area contributed by atoms with E-state index in [1.165, 1.54) is 0 Å². The third kappa shape index (κ3) is 11.8. The summed E-state index contributed by atoms with van der Waals surface area (Å²) in [5, 5.41) is 6.40. The molecule has 0 heterocycles. The molecule has 1 rings (SSSR count). The summed E-state index contributed by atoms with van der Waals surface area (Å²) in [6.07, 6.45) is 3.10. The Hall–Kier alpha value is -0.910. The Morgan fingerprint density at radius 2 is 1.76 bits per heavy atom. The third-order valence-electron chi connectivity index (χ3n) is 3.77. The van der Waals surface area contributed by atoms with Crippen LogP contribution in [0.2, 0.25) is 0 Å². The van der Waals surface area contributed by atoms with Crippen molar-refractivity contribution < 1.29 is 13.2 Å². The van der Waals surface area contributed by atoms with Gasteiger partial charge in [0.1, 0.15) is 0 Å². The van der Waals surface area contributed by atoms with Crippen LogP contribution in [0.3, 0.4) is 0 Å². The first-order valence-electron chi connectivity index (χ1n) is 9.83. The predicted octanol–water partition coefficient (Wildman–Crippen LogP) is 3.25. The third-order valence-corrected chi connectivity index (χ3v) is 5.63. The fourth-order valence-corrected chi connectivity index (χ4v) is 4.16. The first-order chi connectivity index (χ1) is 13.2. The molecule has 0 aliphatic rings. The van der Waals surface area contributed by atoms with E-state index in [1.54, 1.807) is 25.2 Å². The summed E-state index contributed by atoms with van der Waals surface area (Å²) in [5.41, 5.74) is 0.140. The summed E-state index contributed by atoms with van der Waals surface area (Å²) < 4.78 is 33.6. The zero-order valence-corrected chi connectivity index (χ0v) is 21.4. The highest BCUT2D eigenvalue weighted by Gasteiger charge is 2.24. The zero-order chi connectivity index (χ0) is 21.0. The molecule has 168 valence electrons. The average molecular weight is 541 g/mol. The van der Waals surface area contributed by atoms with Crippen molar-refractivity contribution in [2.45, 2.75) is 63.9 Å². The molecule has 0 amide bonds. The van der Waals surface area contributed by atoms with E-state index >= 15 is 0 Å². The van der Waals surface area contributed by atoms with Gasteiger partial charge in [-0.3, -0.25) is 4.99 Å². The lowest BCUT2D eigenvalue weighted by Gasteiger charge is -2.22. The van der Waals surface area contributed by atoms with Crippen LogP contribution in [0.1, 0.15) is 52.5 Å². The van der Waals surface area contributed by atoms with Crippen molar-refractivity contribution in [3.8, 4) is 0 Å². The number of halogens is 1. The van der Waals surface area contributed by atoms with Gasteiger partial charge in [0.05, 0.1) is 4.90 Å². The molecule has 0 aliphatic carbocycles. The first kappa shape index (κ1) is 28.1. The largest absolute Gasteiger partial charge is 0.381 e. The molecule has 0 radical (unpaired) electrons.